The minimum atomic E-state index is -0.582. The zero-order chi connectivity index (χ0) is 14.5. The Morgan fingerprint density at radius 1 is 1.63 bits per heavy atom. The van der Waals surface area contributed by atoms with Crippen LogP contribution in [0.15, 0.2) is 12.3 Å². The molecule has 1 heterocycles. The molecule has 1 rings (SSSR count). The summed E-state index contributed by atoms with van der Waals surface area (Å²) >= 11 is 0. The van der Waals surface area contributed by atoms with Gasteiger partial charge in [-0.3, -0.25) is 10.1 Å². The first-order valence-corrected chi connectivity index (χ1v) is 5.82. The normalized spacial score (nSPS) is 10.8. The molecule has 1 aromatic rings. The number of hydrogen-bond donors (Lipinski definition) is 1. The molecule has 0 fully saturated rings. The van der Waals surface area contributed by atoms with Crippen LogP contribution in [0.5, 0.6) is 0 Å². The lowest BCUT2D eigenvalue weighted by atomic mass is 10.1. The Hall–Kier alpha value is -2.20. The molecule has 0 saturated carbocycles. The SMILES string of the molecule is CCOC(C)(C)CNc1ncc([N+](=O)[O-])cc1C#N. The van der Waals surface area contributed by atoms with Crippen LogP contribution in [0.4, 0.5) is 11.5 Å². The summed E-state index contributed by atoms with van der Waals surface area (Å²) in [6.07, 6.45) is 1.12. The molecule has 0 radical (unpaired) electrons. The van der Waals surface area contributed by atoms with Gasteiger partial charge in [0.2, 0.25) is 0 Å². The topological polar surface area (TPSA) is 101 Å². The fraction of sp³-hybridized carbons (Fsp3) is 0.500. The maximum atomic E-state index is 10.6. The van der Waals surface area contributed by atoms with E-state index in [0.717, 1.165) is 6.20 Å². The molecular formula is C12H16N4O3. The number of rotatable bonds is 6. The Balaban J connectivity index is 2.85. The monoisotopic (exact) mass is 264 g/mol. The van der Waals surface area contributed by atoms with Crippen molar-refractivity contribution in [2.24, 2.45) is 0 Å². The van der Waals surface area contributed by atoms with Crippen LogP contribution in [0.1, 0.15) is 26.3 Å². The van der Waals surface area contributed by atoms with Crippen molar-refractivity contribution in [3.63, 3.8) is 0 Å². The average molecular weight is 264 g/mol. The second kappa shape index (κ2) is 6.11. The van der Waals surface area contributed by atoms with Gasteiger partial charge in [0.25, 0.3) is 5.69 Å². The maximum Gasteiger partial charge on any atom is 0.289 e. The summed E-state index contributed by atoms with van der Waals surface area (Å²) in [7, 11) is 0. The van der Waals surface area contributed by atoms with Crippen molar-refractivity contribution >= 4 is 11.5 Å². The second-order valence-corrected chi connectivity index (χ2v) is 4.50. The number of anilines is 1. The van der Waals surface area contributed by atoms with Gasteiger partial charge in [-0.05, 0) is 20.8 Å². The quantitative estimate of drug-likeness (QED) is 0.623. The number of nitrogens with zero attached hydrogens (tertiary/aromatic N) is 3. The molecule has 0 saturated heterocycles. The van der Waals surface area contributed by atoms with E-state index in [0.29, 0.717) is 19.0 Å². The van der Waals surface area contributed by atoms with E-state index < -0.39 is 10.5 Å². The second-order valence-electron chi connectivity index (χ2n) is 4.50. The first-order chi connectivity index (χ1) is 8.89. The third-order valence-corrected chi connectivity index (χ3v) is 2.42. The van der Waals surface area contributed by atoms with Gasteiger partial charge in [0.15, 0.2) is 0 Å². The Morgan fingerprint density at radius 2 is 2.32 bits per heavy atom. The molecule has 7 heteroatoms. The van der Waals surface area contributed by atoms with E-state index in [1.54, 1.807) is 0 Å². The van der Waals surface area contributed by atoms with Crippen molar-refractivity contribution in [3.05, 3.63) is 27.9 Å². The van der Waals surface area contributed by atoms with E-state index in [2.05, 4.69) is 10.3 Å². The third-order valence-electron chi connectivity index (χ3n) is 2.42. The summed E-state index contributed by atoms with van der Waals surface area (Å²) in [4.78, 5) is 13.9. The molecule has 0 aliphatic rings. The number of nitriles is 1. The van der Waals surface area contributed by atoms with Gasteiger partial charge < -0.3 is 10.1 Å². The fourth-order valence-electron chi connectivity index (χ4n) is 1.52. The van der Waals surface area contributed by atoms with Crippen LogP contribution >= 0.6 is 0 Å². The van der Waals surface area contributed by atoms with Crippen LogP contribution in [0.25, 0.3) is 0 Å². The molecule has 102 valence electrons. The predicted octanol–water partition coefficient (Wildman–Crippen LogP) is 2.09. The summed E-state index contributed by atoms with van der Waals surface area (Å²) in [5.74, 6) is 0.320. The Bertz CT molecular complexity index is 508. The minimum absolute atomic E-state index is 0.140. The first kappa shape index (κ1) is 14.9. The van der Waals surface area contributed by atoms with Gasteiger partial charge in [0.05, 0.1) is 10.5 Å². The van der Waals surface area contributed by atoms with E-state index >= 15 is 0 Å². The molecular weight excluding hydrogens is 248 g/mol. The summed E-state index contributed by atoms with van der Waals surface area (Å²) in [5.41, 5.74) is -0.474. The maximum absolute atomic E-state index is 10.6. The van der Waals surface area contributed by atoms with Crippen molar-refractivity contribution in [1.29, 1.82) is 5.26 Å². The van der Waals surface area contributed by atoms with Gasteiger partial charge in [-0.1, -0.05) is 0 Å². The van der Waals surface area contributed by atoms with Crippen molar-refractivity contribution < 1.29 is 9.66 Å². The van der Waals surface area contributed by atoms with Crippen molar-refractivity contribution in [2.75, 3.05) is 18.5 Å². The fourth-order valence-corrected chi connectivity index (χ4v) is 1.52. The summed E-state index contributed by atoms with van der Waals surface area (Å²) < 4.78 is 5.51. The number of pyridine rings is 1. The molecule has 0 atom stereocenters. The minimum Gasteiger partial charge on any atom is -0.374 e. The zero-order valence-corrected chi connectivity index (χ0v) is 11.1. The van der Waals surface area contributed by atoms with Gasteiger partial charge >= 0.3 is 0 Å². The highest BCUT2D eigenvalue weighted by Gasteiger charge is 2.19. The smallest absolute Gasteiger partial charge is 0.289 e. The van der Waals surface area contributed by atoms with Gasteiger partial charge in [-0.15, -0.1) is 0 Å². The first-order valence-electron chi connectivity index (χ1n) is 5.82. The van der Waals surface area contributed by atoms with Crippen LogP contribution in [0, 0.1) is 21.4 Å². The van der Waals surface area contributed by atoms with Crippen molar-refractivity contribution in [1.82, 2.24) is 4.98 Å². The summed E-state index contributed by atoms with van der Waals surface area (Å²) in [6.45, 7) is 6.72. The van der Waals surface area contributed by atoms with E-state index in [4.69, 9.17) is 10.00 Å². The lowest BCUT2D eigenvalue weighted by Gasteiger charge is -2.25. The van der Waals surface area contributed by atoms with Gasteiger partial charge in [-0.25, -0.2) is 4.98 Å². The van der Waals surface area contributed by atoms with Crippen LogP contribution < -0.4 is 5.32 Å². The van der Waals surface area contributed by atoms with Crippen LogP contribution in [-0.2, 0) is 4.74 Å². The van der Waals surface area contributed by atoms with Crippen LogP contribution in [-0.4, -0.2) is 28.7 Å². The van der Waals surface area contributed by atoms with Crippen molar-refractivity contribution in [2.45, 2.75) is 26.4 Å². The number of hydrogen-bond acceptors (Lipinski definition) is 6. The molecule has 0 unspecified atom stereocenters. The highest BCUT2D eigenvalue weighted by molar-refractivity contribution is 5.55. The Kier molecular flexibility index (Phi) is 4.78. The highest BCUT2D eigenvalue weighted by Crippen LogP contribution is 2.19. The summed E-state index contributed by atoms with van der Waals surface area (Å²) in [6, 6.07) is 3.09. The average Bonchev–Trinajstić information content (AvgIpc) is 2.36. The molecule has 7 nitrogen and oxygen atoms in total. The molecule has 0 aliphatic carbocycles. The Labute approximate surface area is 111 Å². The van der Waals surface area contributed by atoms with E-state index in [1.807, 2.05) is 26.8 Å². The molecule has 1 aromatic heterocycles. The van der Waals surface area contributed by atoms with Crippen molar-refractivity contribution in [3.8, 4) is 6.07 Å². The number of nitrogens with one attached hydrogen (secondary N) is 1. The zero-order valence-electron chi connectivity index (χ0n) is 11.1. The van der Waals surface area contributed by atoms with Gasteiger partial charge in [0.1, 0.15) is 23.6 Å². The molecule has 1 N–H and O–H groups in total. The lowest BCUT2D eigenvalue weighted by molar-refractivity contribution is -0.385. The summed E-state index contributed by atoms with van der Waals surface area (Å²) in [5, 5.41) is 22.5. The highest BCUT2D eigenvalue weighted by atomic mass is 16.6. The predicted molar refractivity (Wildman–Crippen MR) is 69.8 cm³/mol. The molecule has 0 bridgehead atoms. The third kappa shape index (κ3) is 4.19. The largest absolute Gasteiger partial charge is 0.374 e. The van der Waals surface area contributed by atoms with Gasteiger partial charge in [-0.2, -0.15) is 5.26 Å². The van der Waals surface area contributed by atoms with E-state index in [9.17, 15) is 10.1 Å². The molecule has 0 aliphatic heterocycles. The molecule has 0 aromatic carbocycles. The molecule has 19 heavy (non-hydrogen) atoms. The van der Waals surface area contributed by atoms with E-state index in [-0.39, 0.29) is 11.3 Å². The standard InChI is InChI=1S/C12H16N4O3/c1-4-19-12(2,3)8-15-11-9(6-13)5-10(7-14-11)16(17)18/h5,7H,4,8H2,1-3H3,(H,14,15). The van der Waals surface area contributed by atoms with Gasteiger partial charge in [0, 0.05) is 19.2 Å². The Morgan fingerprint density at radius 3 is 2.84 bits per heavy atom. The molecule has 0 amide bonds. The number of ether oxygens (including phenoxy) is 1. The van der Waals surface area contributed by atoms with E-state index in [1.165, 1.54) is 6.07 Å². The van der Waals surface area contributed by atoms with Crippen LogP contribution in [0.3, 0.4) is 0 Å². The number of nitro groups is 1. The number of aromatic nitrogens is 1. The van der Waals surface area contributed by atoms with Crippen LogP contribution in [0.2, 0.25) is 0 Å². The molecule has 0 spiro atoms. The lowest BCUT2D eigenvalue weighted by Crippen LogP contribution is -2.33.